The highest BCUT2D eigenvalue weighted by Crippen LogP contribution is 2.22. The van der Waals surface area contributed by atoms with Gasteiger partial charge in [0.2, 0.25) is 5.91 Å². The fourth-order valence-electron chi connectivity index (χ4n) is 2.58. The standard InChI is InChI=1S/C22H19N3O4S/c1-15-5-7-17(8-6-15)23-21(26)14-30-20-11-9-18(10-12-20)24-22(27)16-3-2-4-19(13-16)25(28)29/h2-13H,14H2,1H3,(H,23,26)(H,24,27). The molecule has 0 aliphatic heterocycles. The first-order chi connectivity index (χ1) is 14.4. The van der Waals surface area contributed by atoms with E-state index in [2.05, 4.69) is 10.6 Å². The zero-order chi connectivity index (χ0) is 21.5. The fraction of sp³-hybridized carbons (Fsp3) is 0.0909. The molecule has 3 aromatic carbocycles. The summed E-state index contributed by atoms with van der Waals surface area (Å²) in [6.45, 7) is 1.98. The summed E-state index contributed by atoms with van der Waals surface area (Å²) in [6.07, 6.45) is 0. The van der Waals surface area contributed by atoms with E-state index in [0.717, 1.165) is 16.1 Å². The van der Waals surface area contributed by atoms with Gasteiger partial charge >= 0.3 is 0 Å². The minimum Gasteiger partial charge on any atom is -0.325 e. The number of rotatable bonds is 7. The number of carbonyl (C=O) groups is 2. The molecule has 0 aromatic heterocycles. The second kappa shape index (κ2) is 9.71. The first-order valence-electron chi connectivity index (χ1n) is 9.06. The average Bonchev–Trinajstić information content (AvgIpc) is 2.75. The van der Waals surface area contributed by atoms with E-state index < -0.39 is 10.8 Å². The van der Waals surface area contributed by atoms with Crippen molar-refractivity contribution >= 4 is 40.6 Å². The third kappa shape index (κ3) is 5.92. The Kier molecular flexibility index (Phi) is 6.82. The normalized spacial score (nSPS) is 10.3. The first-order valence-corrected chi connectivity index (χ1v) is 10.0. The number of nitrogens with one attached hydrogen (secondary N) is 2. The number of amides is 2. The molecular weight excluding hydrogens is 402 g/mol. The average molecular weight is 421 g/mol. The molecule has 30 heavy (non-hydrogen) atoms. The van der Waals surface area contributed by atoms with Gasteiger partial charge in [-0.05, 0) is 49.4 Å². The summed E-state index contributed by atoms with van der Waals surface area (Å²) in [6, 6.07) is 20.2. The van der Waals surface area contributed by atoms with Crippen molar-refractivity contribution < 1.29 is 14.5 Å². The Morgan fingerprint density at radius 3 is 2.23 bits per heavy atom. The molecule has 3 rings (SSSR count). The lowest BCUT2D eigenvalue weighted by Gasteiger charge is -2.08. The molecular formula is C22H19N3O4S. The summed E-state index contributed by atoms with van der Waals surface area (Å²) in [7, 11) is 0. The molecule has 7 nitrogen and oxygen atoms in total. The Morgan fingerprint density at radius 2 is 1.57 bits per heavy atom. The van der Waals surface area contributed by atoms with E-state index in [-0.39, 0.29) is 22.9 Å². The molecule has 2 N–H and O–H groups in total. The van der Waals surface area contributed by atoms with Gasteiger partial charge in [0.25, 0.3) is 11.6 Å². The Balaban J connectivity index is 1.52. The molecule has 0 spiro atoms. The monoisotopic (exact) mass is 421 g/mol. The third-order valence-electron chi connectivity index (χ3n) is 4.14. The van der Waals surface area contributed by atoms with Crippen LogP contribution in [0.3, 0.4) is 0 Å². The van der Waals surface area contributed by atoms with Crippen molar-refractivity contribution in [3.63, 3.8) is 0 Å². The predicted molar refractivity (Wildman–Crippen MR) is 118 cm³/mol. The Bertz CT molecular complexity index is 1070. The van der Waals surface area contributed by atoms with Gasteiger partial charge in [-0.3, -0.25) is 19.7 Å². The SMILES string of the molecule is Cc1ccc(NC(=O)CSc2ccc(NC(=O)c3cccc([N+](=O)[O-])c3)cc2)cc1. The number of benzene rings is 3. The molecule has 0 unspecified atom stereocenters. The van der Waals surface area contributed by atoms with Gasteiger partial charge in [0.15, 0.2) is 0 Å². The van der Waals surface area contributed by atoms with E-state index in [1.54, 1.807) is 24.3 Å². The van der Waals surface area contributed by atoms with E-state index in [1.165, 1.54) is 36.0 Å². The van der Waals surface area contributed by atoms with E-state index in [9.17, 15) is 19.7 Å². The number of anilines is 2. The van der Waals surface area contributed by atoms with Gasteiger partial charge in [-0.2, -0.15) is 0 Å². The second-order valence-electron chi connectivity index (χ2n) is 6.49. The minimum atomic E-state index is -0.544. The lowest BCUT2D eigenvalue weighted by molar-refractivity contribution is -0.384. The molecule has 0 heterocycles. The summed E-state index contributed by atoms with van der Waals surface area (Å²) >= 11 is 1.38. The van der Waals surface area contributed by atoms with Crippen LogP contribution in [0.1, 0.15) is 15.9 Å². The van der Waals surface area contributed by atoms with E-state index in [0.29, 0.717) is 5.69 Å². The van der Waals surface area contributed by atoms with Gasteiger partial charge in [0.1, 0.15) is 0 Å². The highest BCUT2D eigenvalue weighted by atomic mass is 32.2. The zero-order valence-electron chi connectivity index (χ0n) is 16.1. The van der Waals surface area contributed by atoms with Crippen molar-refractivity contribution in [3.05, 3.63) is 94.0 Å². The van der Waals surface area contributed by atoms with Crippen LogP contribution in [0.4, 0.5) is 17.1 Å². The Hall–Kier alpha value is -3.65. The van der Waals surface area contributed by atoms with Crippen LogP contribution in [0.25, 0.3) is 0 Å². The molecule has 0 saturated carbocycles. The molecule has 152 valence electrons. The van der Waals surface area contributed by atoms with Crippen LogP contribution in [0, 0.1) is 17.0 Å². The highest BCUT2D eigenvalue weighted by molar-refractivity contribution is 8.00. The van der Waals surface area contributed by atoms with Crippen molar-refractivity contribution in [3.8, 4) is 0 Å². The van der Waals surface area contributed by atoms with Gasteiger partial charge in [-0.25, -0.2) is 0 Å². The van der Waals surface area contributed by atoms with Crippen LogP contribution in [0.15, 0.2) is 77.7 Å². The maximum absolute atomic E-state index is 12.3. The number of hydrogen-bond donors (Lipinski definition) is 2. The largest absolute Gasteiger partial charge is 0.325 e. The van der Waals surface area contributed by atoms with Crippen LogP contribution >= 0.6 is 11.8 Å². The zero-order valence-corrected chi connectivity index (χ0v) is 16.9. The summed E-state index contributed by atoms with van der Waals surface area (Å²) in [5.41, 5.74) is 2.50. The van der Waals surface area contributed by atoms with Gasteiger partial charge in [-0.15, -0.1) is 11.8 Å². The number of nitro benzene ring substituents is 1. The number of nitro groups is 1. The molecule has 0 bridgehead atoms. The van der Waals surface area contributed by atoms with E-state index in [1.807, 2.05) is 31.2 Å². The lowest BCUT2D eigenvalue weighted by atomic mass is 10.2. The molecule has 0 atom stereocenters. The van der Waals surface area contributed by atoms with Gasteiger partial charge in [0.05, 0.1) is 10.7 Å². The van der Waals surface area contributed by atoms with Gasteiger partial charge in [0, 0.05) is 34.0 Å². The maximum Gasteiger partial charge on any atom is 0.270 e. The van der Waals surface area contributed by atoms with E-state index >= 15 is 0 Å². The molecule has 0 aliphatic carbocycles. The topological polar surface area (TPSA) is 101 Å². The fourth-order valence-corrected chi connectivity index (χ4v) is 3.28. The van der Waals surface area contributed by atoms with Crippen LogP contribution < -0.4 is 10.6 Å². The lowest BCUT2D eigenvalue weighted by Crippen LogP contribution is -2.14. The molecule has 0 fully saturated rings. The minimum absolute atomic E-state index is 0.105. The number of aryl methyl sites for hydroxylation is 1. The van der Waals surface area contributed by atoms with Crippen molar-refractivity contribution in [2.45, 2.75) is 11.8 Å². The van der Waals surface area contributed by atoms with Gasteiger partial charge < -0.3 is 10.6 Å². The molecule has 0 aliphatic rings. The number of hydrogen-bond acceptors (Lipinski definition) is 5. The summed E-state index contributed by atoms with van der Waals surface area (Å²) < 4.78 is 0. The molecule has 2 amide bonds. The molecule has 0 saturated heterocycles. The van der Waals surface area contributed by atoms with Crippen molar-refractivity contribution in [1.82, 2.24) is 0 Å². The first kappa shape index (κ1) is 21.1. The maximum atomic E-state index is 12.3. The quantitative estimate of drug-likeness (QED) is 0.321. The molecule has 8 heteroatoms. The second-order valence-corrected chi connectivity index (χ2v) is 7.54. The molecule has 3 aromatic rings. The van der Waals surface area contributed by atoms with E-state index in [4.69, 9.17) is 0 Å². The highest BCUT2D eigenvalue weighted by Gasteiger charge is 2.12. The third-order valence-corrected chi connectivity index (χ3v) is 5.15. The summed E-state index contributed by atoms with van der Waals surface area (Å²) in [4.78, 5) is 35.5. The van der Waals surface area contributed by atoms with Crippen LogP contribution in [0.2, 0.25) is 0 Å². The van der Waals surface area contributed by atoms with Crippen molar-refractivity contribution in [1.29, 1.82) is 0 Å². The Labute approximate surface area is 177 Å². The number of nitrogens with zero attached hydrogens (tertiary/aromatic N) is 1. The number of thioether (sulfide) groups is 1. The van der Waals surface area contributed by atoms with Crippen LogP contribution in [0.5, 0.6) is 0 Å². The smallest absolute Gasteiger partial charge is 0.270 e. The number of carbonyl (C=O) groups excluding carboxylic acids is 2. The predicted octanol–water partition coefficient (Wildman–Crippen LogP) is 4.89. The number of non-ortho nitro benzene ring substituents is 1. The Morgan fingerprint density at radius 1 is 0.933 bits per heavy atom. The van der Waals surface area contributed by atoms with Gasteiger partial charge in [-0.1, -0.05) is 23.8 Å². The van der Waals surface area contributed by atoms with Crippen LogP contribution in [-0.4, -0.2) is 22.5 Å². The van der Waals surface area contributed by atoms with Crippen molar-refractivity contribution in [2.75, 3.05) is 16.4 Å². The molecule has 0 radical (unpaired) electrons. The summed E-state index contributed by atoms with van der Waals surface area (Å²) in [5.74, 6) is -0.281. The van der Waals surface area contributed by atoms with Crippen LogP contribution in [-0.2, 0) is 4.79 Å². The summed E-state index contributed by atoms with van der Waals surface area (Å²) in [5, 5.41) is 16.4. The van der Waals surface area contributed by atoms with Crippen molar-refractivity contribution in [2.24, 2.45) is 0 Å².